The van der Waals surface area contributed by atoms with Crippen LogP contribution in [0, 0.1) is 6.92 Å². The molecule has 1 unspecified atom stereocenters. The molecule has 0 aliphatic carbocycles. The van der Waals surface area contributed by atoms with Crippen molar-refractivity contribution in [3.8, 4) is 5.75 Å². The molecule has 1 atom stereocenters. The first-order valence-corrected chi connectivity index (χ1v) is 8.94. The standard InChI is InChI=1S/C17H22N4O3S/c1-11-6-13(7-12-8-18-10-19-14(11)12)24-16(25-5)15(22)21-17(2,3)9-20-23-4/h6-10,16H,1-5H3,(H,21,22)/b20-9+. The Labute approximate surface area is 151 Å². The molecule has 2 rings (SSSR count). The molecule has 1 N–H and O–H groups in total. The normalized spacial score (nSPS) is 13.0. The van der Waals surface area contributed by atoms with Crippen molar-refractivity contribution in [3.05, 3.63) is 30.2 Å². The van der Waals surface area contributed by atoms with E-state index in [4.69, 9.17) is 4.74 Å². The highest BCUT2D eigenvalue weighted by molar-refractivity contribution is 7.99. The summed E-state index contributed by atoms with van der Waals surface area (Å²) in [5.74, 6) is 0.347. The van der Waals surface area contributed by atoms with Gasteiger partial charge in [0.1, 0.15) is 19.2 Å². The molecule has 1 heterocycles. The average Bonchev–Trinajstić information content (AvgIpc) is 2.57. The summed E-state index contributed by atoms with van der Waals surface area (Å²) in [5, 5.41) is 7.45. The van der Waals surface area contributed by atoms with Crippen LogP contribution in [0.4, 0.5) is 0 Å². The summed E-state index contributed by atoms with van der Waals surface area (Å²) in [6, 6.07) is 3.69. The summed E-state index contributed by atoms with van der Waals surface area (Å²) in [5.41, 5.74) is 0.473. The molecule has 25 heavy (non-hydrogen) atoms. The third kappa shape index (κ3) is 5.06. The molecule has 2 aromatic rings. The van der Waals surface area contributed by atoms with Crippen LogP contribution in [0.3, 0.4) is 0 Å². The maximum Gasteiger partial charge on any atom is 0.272 e. The number of ether oxygens (including phenoxy) is 1. The highest BCUT2D eigenvalue weighted by Crippen LogP contribution is 2.25. The number of thioether (sulfide) groups is 1. The fraction of sp³-hybridized carbons (Fsp3) is 0.412. The summed E-state index contributed by atoms with van der Waals surface area (Å²) in [6.07, 6.45) is 6.58. The molecule has 0 fully saturated rings. The number of rotatable bonds is 7. The van der Waals surface area contributed by atoms with Crippen LogP contribution >= 0.6 is 11.8 Å². The van der Waals surface area contributed by atoms with Gasteiger partial charge >= 0.3 is 0 Å². The average molecular weight is 362 g/mol. The molecule has 0 saturated carbocycles. The number of benzene rings is 1. The lowest BCUT2D eigenvalue weighted by Gasteiger charge is -2.24. The van der Waals surface area contributed by atoms with E-state index < -0.39 is 11.0 Å². The quantitative estimate of drug-likeness (QED) is 0.463. The molecular formula is C17H22N4O3S. The lowest BCUT2D eigenvalue weighted by atomic mass is 10.1. The van der Waals surface area contributed by atoms with Crippen LogP contribution in [0.15, 0.2) is 29.8 Å². The van der Waals surface area contributed by atoms with Crippen molar-refractivity contribution in [2.75, 3.05) is 13.4 Å². The van der Waals surface area contributed by atoms with Gasteiger partial charge in [0, 0.05) is 11.6 Å². The van der Waals surface area contributed by atoms with E-state index in [1.807, 2.05) is 39.2 Å². The van der Waals surface area contributed by atoms with E-state index in [0.29, 0.717) is 5.75 Å². The largest absolute Gasteiger partial charge is 0.470 e. The van der Waals surface area contributed by atoms with Gasteiger partial charge in [-0.1, -0.05) is 5.16 Å². The van der Waals surface area contributed by atoms with Gasteiger partial charge in [-0.25, -0.2) is 9.97 Å². The van der Waals surface area contributed by atoms with Gasteiger partial charge in [-0.2, -0.15) is 0 Å². The van der Waals surface area contributed by atoms with Crippen LogP contribution in [-0.2, 0) is 9.63 Å². The van der Waals surface area contributed by atoms with Gasteiger partial charge in [-0.15, -0.1) is 11.8 Å². The van der Waals surface area contributed by atoms with Gasteiger partial charge in [-0.3, -0.25) is 4.79 Å². The first-order chi connectivity index (χ1) is 11.9. The summed E-state index contributed by atoms with van der Waals surface area (Å²) in [6.45, 7) is 5.59. The van der Waals surface area contributed by atoms with Crippen molar-refractivity contribution in [3.63, 3.8) is 0 Å². The summed E-state index contributed by atoms with van der Waals surface area (Å²) in [4.78, 5) is 25.5. The molecule has 1 aromatic carbocycles. The number of hydrogen-bond donors (Lipinski definition) is 1. The zero-order valence-electron chi connectivity index (χ0n) is 14.9. The molecule has 0 saturated heterocycles. The van der Waals surface area contributed by atoms with E-state index >= 15 is 0 Å². The van der Waals surface area contributed by atoms with Crippen molar-refractivity contribution in [2.24, 2.45) is 5.16 Å². The number of aromatic nitrogens is 2. The molecule has 0 spiro atoms. The maximum atomic E-state index is 12.5. The first kappa shape index (κ1) is 19.0. The maximum absolute atomic E-state index is 12.5. The zero-order chi connectivity index (χ0) is 18.4. The summed E-state index contributed by atoms with van der Waals surface area (Å²) in [7, 11) is 1.45. The van der Waals surface area contributed by atoms with Crippen molar-refractivity contribution in [1.82, 2.24) is 15.3 Å². The van der Waals surface area contributed by atoms with Crippen molar-refractivity contribution in [1.29, 1.82) is 0 Å². The fourth-order valence-electron chi connectivity index (χ4n) is 2.25. The minimum absolute atomic E-state index is 0.248. The number of amides is 1. The van der Waals surface area contributed by atoms with E-state index in [1.54, 1.807) is 6.20 Å². The van der Waals surface area contributed by atoms with E-state index in [0.717, 1.165) is 16.5 Å². The molecule has 1 amide bonds. The smallest absolute Gasteiger partial charge is 0.272 e. The number of carbonyl (C=O) groups is 1. The summed E-state index contributed by atoms with van der Waals surface area (Å²) < 4.78 is 5.88. The van der Waals surface area contributed by atoms with Crippen LogP contribution in [0.1, 0.15) is 19.4 Å². The molecule has 0 radical (unpaired) electrons. The number of oxime groups is 1. The molecule has 8 heteroatoms. The zero-order valence-corrected chi connectivity index (χ0v) is 15.8. The lowest BCUT2D eigenvalue weighted by Crippen LogP contribution is -2.49. The lowest BCUT2D eigenvalue weighted by molar-refractivity contribution is -0.125. The Hall–Kier alpha value is -2.35. The van der Waals surface area contributed by atoms with E-state index in [9.17, 15) is 4.79 Å². The predicted octanol–water partition coefficient (Wildman–Crippen LogP) is 2.53. The van der Waals surface area contributed by atoms with Crippen LogP contribution in [0.25, 0.3) is 10.9 Å². The number of nitrogens with one attached hydrogen (secondary N) is 1. The number of hydrogen-bond acceptors (Lipinski definition) is 7. The third-order valence-corrected chi connectivity index (χ3v) is 4.11. The number of carbonyl (C=O) groups excluding carboxylic acids is 1. The highest BCUT2D eigenvalue weighted by Gasteiger charge is 2.26. The molecule has 0 aliphatic rings. The second-order valence-electron chi connectivity index (χ2n) is 6.01. The van der Waals surface area contributed by atoms with E-state index in [2.05, 4.69) is 25.3 Å². The predicted molar refractivity (Wildman–Crippen MR) is 99.9 cm³/mol. The third-order valence-electron chi connectivity index (χ3n) is 3.37. The van der Waals surface area contributed by atoms with Gasteiger partial charge in [0.25, 0.3) is 5.91 Å². The van der Waals surface area contributed by atoms with Gasteiger partial charge in [0.2, 0.25) is 5.44 Å². The number of fused-ring (bicyclic) bond motifs is 1. The molecule has 7 nitrogen and oxygen atoms in total. The Bertz CT molecular complexity index is 780. The Kier molecular flexibility index (Phi) is 6.19. The van der Waals surface area contributed by atoms with Crippen molar-refractivity contribution in [2.45, 2.75) is 31.7 Å². The molecule has 134 valence electrons. The molecule has 0 bridgehead atoms. The molecule has 1 aromatic heterocycles. The monoisotopic (exact) mass is 362 g/mol. The SMILES string of the molecule is CO/N=C/C(C)(C)NC(=O)C(Oc1cc(C)c2ncncc2c1)SC. The highest BCUT2D eigenvalue weighted by atomic mass is 32.2. The van der Waals surface area contributed by atoms with Crippen LogP contribution in [0.5, 0.6) is 5.75 Å². The van der Waals surface area contributed by atoms with E-state index in [1.165, 1.54) is 31.4 Å². The Morgan fingerprint density at radius 1 is 1.44 bits per heavy atom. The van der Waals surface area contributed by atoms with Crippen LogP contribution in [0.2, 0.25) is 0 Å². The van der Waals surface area contributed by atoms with E-state index in [-0.39, 0.29) is 5.91 Å². The second kappa shape index (κ2) is 8.15. The minimum atomic E-state index is -0.697. The van der Waals surface area contributed by atoms with Crippen LogP contribution < -0.4 is 10.1 Å². The minimum Gasteiger partial charge on any atom is -0.470 e. The number of aryl methyl sites for hydroxylation is 1. The van der Waals surface area contributed by atoms with Crippen molar-refractivity contribution >= 4 is 34.8 Å². The van der Waals surface area contributed by atoms with Gasteiger partial charge in [-0.05, 0) is 44.7 Å². The van der Waals surface area contributed by atoms with Crippen molar-refractivity contribution < 1.29 is 14.4 Å². The molecular weight excluding hydrogens is 340 g/mol. The topological polar surface area (TPSA) is 85.7 Å². The first-order valence-electron chi connectivity index (χ1n) is 7.66. The van der Waals surface area contributed by atoms with Gasteiger partial charge in [0.05, 0.1) is 17.3 Å². The fourth-order valence-corrected chi connectivity index (χ4v) is 2.73. The van der Waals surface area contributed by atoms with Gasteiger partial charge in [0.15, 0.2) is 0 Å². The Balaban J connectivity index is 2.16. The van der Waals surface area contributed by atoms with Crippen LogP contribution in [-0.4, -0.2) is 46.4 Å². The Morgan fingerprint density at radius 3 is 2.88 bits per heavy atom. The molecule has 0 aliphatic heterocycles. The summed E-state index contributed by atoms with van der Waals surface area (Å²) >= 11 is 1.31. The van der Waals surface area contributed by atoms with Gasteiger partial charge < -0.3 is 14.9 Å². The number of nitrogens with zero attached hydrogens (tertiary/aromatic N) is 3. The Morgan fingerprint density at radius 2 is 2.20 bits per heavy atom. The second-order valence-corrected chi connectivity index (χ2v) is 6.91.